The Morgan fingerprint density at radius 3 is 2.81 bits per heavy atom. The molecule has 0 saturated carbocycles. The number of fused-ring (bicyclic) bond motifs is 2. The van der Waals surface area contributed by atoms with Crippen LogP contribution in [0.5, 0.6) is 5.75 Å². The Balaban J connectivity index is 2.43. The summed E-state index contributed by atoms with van der Waals surface area (Å²) in [5.74, 6) is -1.03. The molecular formula is C20H19N3O4. The number of hydrogen-bond donors (Lipinski definition) is 1. The van der Waals surface area contributed by atoms with E-state index in [1.54, 1.807) is 44.2 Å². The van der Waals surface area contributed by atoms with E-state index in [2.05, 4.69) is 6.58 Å². The lowest BCUT2D eigenvalue weighted by molar-refractivity contribution is -0.140. The topological polar surface area (TPSA) is 106 Å². The zero-order valence-corrected chi connectivity index (χ0v) is 15.1. The van der Waals surface area contributed by atoms with E-state index < -0.39 is 17.3 Å². The van der Waals surface area contributed by atoms with Crippen LogP contribution >= 0.6 is 0 Å². The van der Waals surface area contributed by atoms with Crippen molar-refractivity contribution in [1.82, 2.24) is 4.90 Å². The third kappa shape index (κ3) is 2.34. The van der Waals surface area contributed by atoms with Gasteiger partial charge in [-0.2, -0.15) is 5.26 Å². The van der Waals surface area contributed by atoms with Crippen LogP contribution in [0.1, 0.15) is 19.4 Å². The molecule has 2 heterocycles. The maximum atomic E-state index is 13.6. The van der Waals surface area contributed by atoms with Crippen LogP contribution in [-0.2, 0) is 19.7 Å². The summed E-state index contributed by atoms with van der Waals surface area (Å²) in [6.45, 7) is 7.29. The highest BCUT2D eigenvalue weighted by molar-refractivity contribution is 6.12. The lowest BCUT2D eigenvalue weighted by Gasteiger charge is -2.35. The molecule has 0 fully saturated rings. The molecule has 0 aromatic heterocycles. The summed E-state index contributed by atoms with van der Waals surface area (Å²) in [7, 11) is 0. The summed E-state index contributed by atoms with van der Waals surface area (Å²) in [6, 6.07) is 8.71. The number of allylic oxidation sites excluding steroid dienone is 1. The Morgan fingerprint density at radius 1 is 1.48 bits per heavy atom. The fraction of sp³-hybridized carbons (Fsp3) is 0.250. The summed E-state index contributed by atoms with van der Waals surface area (Å²) in [6.07, 6.45) is 1.55. The van der Waals surface area contributed by atoms with Gasteiger partial charge in [0.05, 0.1) is 12.2 Å². The maximum Gasteiger partial charge on any atom is 0.337 e. The van der Waals surface area contributed by atoms with Crippen molar-refractivity contribution < 1.29 is 19.1 Å². The van der Waals surface area contributed by atoms with Crippen molar-refractivity contribution in [3.63, 3.8) is 0 Å². The van der Waals surface area contributed by atoms with Crippen LogP contribution in [0.25, 0.3) is 0 Å². The first-order valence-electron chi connectivity index (χ1n) is 8.44. The van der Waals surface area contributed by atoms with E-state index in [1.165, 1.54) is 4.90 Å². The smallest absolute Gasteiger partial charge is 0.337 e. The number of esters is 1. The van der Waals surface area contributed by atoms with E-state index >= 15 is 0 Å². The van der Waals surface area contributed by atoms with Crippen LogP contribution in [0.4, 0.5) is 0 Å². The molecule has 0 saturated heterocycles. The fourth-order valence-corrected chi connectivity index (χ4v) is 3.70. The number of ether oxygens (including phenoxy) is 2. The minimum absolute atomic E-state index is 0.0754. The molecule has 7 nitrogen and oxygen atoms in total. The molecule has 2 N–H and O–H groups in total. The van der Waals surface area contributed by atoms with Gasteiger partial charge in [-0.25, -0.2) is 4.79 Å². The van der Waals surface area contributed by atoms with Crippen molar-refractivity contribution in [3.05, 3.63) is 65.2 Å². The third-order valence-electron chi connectivity index (χ3n) is 4.74. The molecule has 0 bridgehead atoms. The van der Waals surface area contributed by atoms with Gasteiger partial charge in [0.15, 0.2) is 5.41 Å². The van der Waals surface area contributed by atoms with E-state index in [0.717, 1.165) is 0 Å². The Morgan fingerprint density at radius 2 is 2.19 bits per heavy atom. The Bertz CT molecular complexity index is 954. The quantitative estimate of drug-likeness (QED) is 0.645. The maximum absolute atomic E-state index is 13.6. The third-order valence-corrected chi connectivity index (χ3v) is 4.74. The second-order valence-corrected chi connectivity index (χ2v) is 6.08. The van der Waals surface area contributed by atoms with Crippen LogP contribution in [0.2, 0.25) is 0 Å². The van der Waals surface area contributed by atoms with Crippen molar-refractivity contribution in [1.29, 1.82) is 5.26 Å². The van der Waals surface area contributed by atoms with Gasteiger partial charge < -0.3 is 20.1 Å². The molecule has 1 aromatic carbocycles. The molecule has 1 spiro atoms. The highest BCUT2D eigenvalue weighted by Gasteiger charge is 2.61. The summed E-state index contributed by atoms with van der Waals surface area (Å²) in [4.78, 5) is 27.9. The van der Waals surface area contributed by atoms with Crippen molar-refractivity contribution in [2.75, 3.05) is 13.2 Å². The number of nitrogens with zero attached hydrogens (tertiary/aromatic N) is 2. The van der Waals surface area contributed by atoms with E-state index in [-0.39, 0.29) is 30.2 Å². The average molecular weight is 365 g/mol. The molecule has 7 heteroatoms. The van der Waals surface area contributed by atoms with Gasteiger partial charge in [-0.15, -0.1) is 6.58 Å². The summed E-state index contributed by atoms with van der Waals surface area (Å²) in [5, 5.41) is 9.83. The summed E-state index contributed by atoms with van der Waals surface area (Å²) in [5.41, 5.74) is 5.02. The number of nitrogens with two attached hydrogens (primary N) is 1. The predicted molar refractivity (Wildman–Crippen MR) is 96.8 cm³/mol. The molecule has 138 valence electrons. The standard InChI is InChI=1S/C20H19N3O4/c1-4-10-23-12(3)16(18(24)26-5-2)20(19(23)25)13-8-6-7-9-15(13)27-17(22)14(20)11-21/h4,6-9H,1,5,10,22H2,2-3H3/t20-/m1/s1. The largest absolute Gasteiger partial charge is 0.463 e. The first kappa shape index (κ1) is 18.3. The molecule has 1 atom stereocenters. The number of carbonyl (C=O) groups excluding carboxylic acids is 2. The number of rotatable bonds is 4. The van der Waals surface area contributed by atoms with Gasteiger partial charge in [0.25, 0.3) is 0 Å². The second kappa shape index (κ2) is 6.65. The summed E-state index contributed by atoms with van der Waals surface area (Å²) < 4.78 is 10.8. The SMILES string of the molecule is C=CCN1C(=O)[C@]2(C(C#N)=C(N)Oc3ccccc32)C(C(=O)OCC)=C1C. The first-order chi connectivity index (χ1) is 12.9. The number of nitriles is 1. The second-order valence-electron chi connectivity index (χ2n) is 6.08. The molecule has 1 amide bonds. The molecule has 0 radical (unpaired) electrons. The van der Waals surface area contributed by atoms with Crippen molar-refractivity contribution >= 4 is 11.9 Å². The average Bonchev–Trinajstić information content (AvgIpc) is 2.85. The van der Waals surface area contributed by atoms with Gasteiger partial charge in [0, 0.05) is 17.8 Å². The monoisotopic (exact) mass is 365 g/mol. The highest BCUT2D eigenvalue weighted by Crippen LogP contribution is 2.53. The van der Waals surface area contributed by atoms with Crippen LogP contribution in [0, 0.1) is 11.3 Å². The molecule has 2 aliphatic rings. The van der Waals surface area contributed by atoms with Gasteiger partial charge in [0.1, 0.15) is 17.4 Å². The minimum Gasteiger partial charge on any atom is -0.463 e. The van der Waals surface area contributed by atoms with Crippen molar-refractivity contribution in [2.45, 2.75) is 19.3 Å². The van der Waals surface area contributed by atoms with E-state index in [4.69, 9.17) is 15.2 Å². The Labute approximate surface area is 157 Å². The van der Waals surface area contributed by atoms with E-state index in [0.29, 0.717) is 17.0 Å². The van der Waals surface area contributed by atoms with E-state index in [9.17, 15) is 14.9 Å². The zero-order chi connectivity index (χ0) is 19.8. The number of hydrogen-bond acceptors (Lipinski definition) is 6. The van der Waals surface area contributed by atoms with Gasteiger partial charge >= 0.3 is 5.97 Å². The minimum atomic E-state index is -1.70. The van der Waals surface area contributed by atoms with Crippen LogP contribution < -0.4 is 10.5 Å². The van der Waals surface area contributed by atoms with Crippen LogP contribution in [0.3, 0.4) is 0 Å². The lowest BCUT2D eigenvalue weighted by atomic mass is 9.68. The van der Waals surface area contributed by atoms with Crippen LogP contribution in [0.15, 0.2) is 59.6 Å². The number of para-hydroxylation sites is 1. The number of amides is 1. The molecular weight excluding hydrogens is 346 g/mol. The molecule has 1 aromatic rings. The Hall–Kier alpha value is -3.53. The van der Waals surface area contributed by atoms with Gasteiger partial charge in [-0.05, 0) is 19.9 Å². The van der Waals surface area contributed by atoms with Gasteiger partial charge in [-0.3, -0.25) is 4.79 Å². The molecule has 27 heavy (non-hydrogen) atoms. The number of carbonyl (C=O) groups is 2. The van der Waals surface area contributed by atoms with Gasteiger partial charge in [0.2, 0.25) is 11.8 Å². The number of benzene rings is 1. The molecule has 0 unspecified atom stereocenters. The Kier molecular flexibility index (Phi) is 4.50. The lowest BCUT2D eigenvalue weighted by Crippen LogP contribution is -2.47. The fourth-order valence-electron chi connectivity index (χ4n) is 3.70. The predicted octanol–water partition coefficient (Wildman–Crippen LogP) is 1.88. The molecule has 3 rings (SSSR count). The van der Waals surface area contributed by atoms with Crippen LogP contribution in [-0.4, -0.2) is 29.9 Å². The van der Waals surface area contributed by atoms with Crippen molar-refractivity contribution in [3.8, 4) is 11.8 Å². The normalized spacial score (nSPS) is 21.1. The first-order valence-corrected chi connectivity index (χ1v) is 8.44. The van der Waals surface area contributed by atoms with Crippen molar-refractivity contribution in [2.24, 2.45) is 5.73 Å². The van der Waals surface area contributed by atoms with E-state index in [1.807, 2.05) is 6.07 Å². The zero-order valence-electron chi connectivity index (χ0n) is 15.1. The summed E-state index contributed by atoms with van der Waals surface area (Å²) >= 11 is 0. The highest BCUT2D eigenvalue weighted by atomic mass is 16.5. The van der Waals surface area contributed by atoms with Gasteiger partial charge in [-0.1, -0.05) is 24.3 Å². The molecule has 0 aliphatic carbocycles. The molecule has 2 aliphatic heterocycles.